The zero-order valence-corrected chi connectivity index (χ0v) is 14.8. The molecule has 1 N–H and O–H groups in total. The van der Waals surface area contributed by atoms with Crippen molar-refractivity contribution in [2.75, 3.05) is 11.9 Å². The fourth-order valence-corrected chi connectivity index (χ4v) is 3.48. The maximum atomic E-state index is 12.9. The molecule has 1 aliphatic rings. The monoisotopic (exact) mass is 371 g/mol. The van der Waals surface area contributed by atoms with E-state index in [4.69, 9.17) is 5.10 Å². The van der Waals surface area contributed by atoms with Crippen molar-refractivity contribution in [3.05, 3.63) is 77.0 Å². The predicted molar refractivity (Wildman–Crippen MR) is 99.2 cm³/mol. The molecule has 6 heteroatoms. The molecule has 0 atom stereocenters. The van der Waals surface area contributed by atoms with Gasteiger partial charge in [0.2, 0.25) is 0 Å². The highest BCUT2D eigenvalue weighted by Gasteiger charge is 2.30. The van der Waals surface area contributed by atoms with Crippen molar-refractivity contribution in [1.82, 2.24) is 9.78 Å². The van der Waals surface area contributed by atoms with Gasteiger partial charge in [-0.3, -0.25) is 0 Å². The van der Waals surface area contributed by atoms with Gasteiger partial charge in [0, 0.05) is 18.5 Å². The first-order valence-electron chi connectivity index (χ1n) is 9.08. The van der Waals surface area contributed by atoms with Gasteiger partial charge in [-0.1, -0.05) is 30.3 Å². The van der Waals surface area contributed by atoms with Crippen LogP contribution >= 0.6 is 0 Å². The van der Waals surface area contributed by atoms with E-state index in [0.717, 1.165) is 55.0 Å². The van der Waals surface area contributed by atoms with Crippen molar-refractivity contribution in [3.8, 4) is 5.69 Å². The van der Waals surface area contributed by atoms with E-state index in [1.165, 1.54) is 17.7 Å². The lowest BCUT2D eigenvalue weighted by Gasteiger charge is -2.11. The van der Waals surface area contributed by atoms with E-state index in [2.05, 4.69) is 17.4 Å². The van der Waals surface area contributed by atoms with Crippen molar-refractivity contribution in [2.45, 2.75) is 31.9 Å². The van der Waals surface area contributed by atoms with Gasteiger partial charge < -0.3 is 5.32 Å². The summed E-state index contributed by atoms with van der Waals surface area (Å²) in [5.74, 6) is 0.901. The molecule has 3 aromatic rings. The normalized spacial score (nSPS) is 14.3. The molecule has 4 rings (SSSR count). The molecule has 2 aromatic carbocycles. The zero-order valence-electron chi connectivity index (χ0n) is 14.8. The largest absolute Gasteiger partial charge is 0.416 e. The third kappa shape index (κ3) is 3.70. The second kappa shape index (κ2) is 7.10. The van der Waals surface area contributed by atoms with Crippen molar-refractivity contribution in [3.63, 3.8) is 0 Å². The van der Waals surface area contributed by atoms with E-state index < -0.39 is 11.7 Å². The van der Waals surface area contributed by atoms with E-state index in [0.29, 0.717) is 12.1 Å². The van der Waals surface area contributed by atoms with E-state index in [1.54, 1.807) is 4.68 Å². The first-order valence-corrected chi connectivity index (χ1v) is 9.08. The number of halogens is 3. The number of rotatable bonds is 3. The van der Waals surface area contributed by atoms with Crippen molar-refractivity contribution in [1.29, 1.82) is 0 Å². The molecule has 0 radical (unpaired) electrons. The molecule has 0 spiro atoms. The Balaban J connectivity index is 1.74. The fourth-order valence-electron chi connectivity index (χ4n) is 3.48. The molecule has 2 heterocycles. The summed E-state index contributed by atoms with van der Waals surface area (Å²) in [4.78, 5) is 0. The Bertz CT molecular complexity index is 912. The number of hydrogen-bond acceptors (Lipinski definition) is 2. The predicted octanol–water partition coefficient (Wildman–Crippen LogP) is 5.23. The number of nitrogens with zero attached hydrogens (tertiary/aromatic N) is 2. The Labute approximate surface area is 155 Å². The van der Waals surface area contributed by atoms with E-state index in [1.807, 2.05) is 18.2 Å². The molecule has 0 aliphatic carbocycles. The lowest BCUT2D eigenvalue weighted by molar-refractivity contribution is -0.137. The molecule has 1 aromatic heterocycles. The average Bonchev–Trinajstić information content (AvgIpc) is 2.83. The Morgan fingerprint density at radius 1 is 0.963 bits per heavy atom. The maximum absolute atomic E-state index is 12.9. The maximum Gasteiger partial charge on any atom is 0.416 e. The van der Waals surface area contributed by atoms with Crippen LogP contribution in [0, 0.1) is 0 Å². The second-order valence-electron chi connectivity index (χ2n) is 6.78. The highest BCUT2D eigenvalue weighted by molar-refractivity contribution is 5.55. The topological polar surface area (TPSA) is 29.9 Å². The third-order valence-corrected chi connectivity index (χ3v) is 4.87. The van der Waals surface area contributed by atoms with Crippen LogP contribution in [-0.4, -0.2) is 16.3 Å². The van der Waals surface area contributed by atoms with Crippen molar-refractivity contribution < 1.29 is 13.2 Å². The third-order valence-electron chi connectivity index (χ3n) is 4.87. The van der Waals surface area contributed by atoms with Crippen LogP contribution in [0.1, 0.15) is 35.2 Å². The first-order chi connectivity index (χ1) is 13.0. The van der Waals surface area contributed by atoms with Gasteiger partial charge in [-0.25, -0.2) is 4.68 Å². The van der Waals surface area contributed by atoms with E-state index in [-0.39, 0.29) is 0 Å². The van der Waals surface area contributed by atoms with E-state index in [9.17, 15) is 13.2 Å². The Hall–Kier alpha value is -2.76. The van der Waals surface area contributed by atoms with Crippen LogP contribution in [0.25, 0.3) is 5.69 Å². The smallest absolute Gasteiger partial charge is 0.370 e. The lowest BCUT2D eigenvalue weighted by atomic mass is 10.0. The molecule has 27 heavy (non-hydrogen) atoms. The SMILES string of the molecule is FC(F)(F)c1ccc(-n2nc(Cc3ccccc3)c3c2NCCCC3)cc1. The number of hydrogen-bond donors (Lipinski definition) is 1. The van der Waals surface area contributed by atoms with Gasteiger partial charge >= 0.3 is 6.18 Å². The summed E-state index contributed by atoms with van der Waals surface area (Å²) in [7, 11) is 0. The summed E-state index contributed by atoms with van der Waals surface area (Å²) in [5, 5.41) is 8.19. The Morgan fingerprint density at radius 2 is 1.70 bits per heavy atom. The first kappa shape index (κ1) is 17.6. The van der Waals surface area contributed by atoms with Gasteiger partial charge in [0.05, 0.1) is 16.9 Å². The molecule has 1 aliphatic heterocycles. The number of benzene rings is 2. The summed E-state index contributed by atoms with van der Waals surface area (Å²) in [6.07, 6.45) is -0.577. The zero-order chi connectivity index (χ0) is 18.9. The average molecular weight is 371 g/mol. The van der Waals surface area contributed by atoms with Crippen LogP contribution < -0.4 is 5.32 Å². The minimum absolute atomic E-state index is 0.632. The highest BCUT2D eigenvalue weighted by Crippen LogP contribution is 2.32. The fraction of sp³-hybridized carbons (Fsp3) is 0.286. The molecule has 0 fully saturated rings. The number of anilines is 1. The number of aromatic nitrogens is 2. The molecule has 0 bridgehead atoms. The quantitative estimate of drug-likeness (QED) is 0.683. The van der Waals surface area contributed by atoms with Crippen LogP contribution in [0.2, 0.25) is 0 Å². The minimum atomic E-state index is -4.34. The van der Waals surface area contributed by atoms with Gasteiger partial charge in [-0.05, 0) is 49.1 Å². The summed E-state index contributed by atoms with van der Waals surface area (Å²) in [5.41, 5.74) is 3.29. The summed E-state index contributed by atoms with van der Waals surface area (Å²) in [6, 6.07) is 15.3. The molecule has 0 saturated carbocycles. The molecular weight excluding hydrogens is 351 g/mol. The second-order valence-corrected chi connectivity index (χ2v) is 6.78. The molecule has 0 saturated heterocycles. The van der Waals surface area contributed by atoms with Crippen LogP contribution in [0.5, 0.6) is 0 Å². The van der Waals surface area contributed by atoms with Gasteiger partial charge in [0.1, 0.15) is 5.82 Å². The summed E-state index contributed by atoms with van der Waals surface area (Å²) in [6.45, 7) is 0.837. The van der Waals surface area contributed by atoms with Crippen LogP contribution in [0.15, 0.2) is 54.6 Å². The Kier molecular flexibility index (Phi) is 4.64. The number of fused-ring (bicyclic) bond motifs is 1. The van der Waals surface area contributed by atoms with Gasteiger partial charge in [-0.15, -0.1) is 0 Å². The molecule has 0 amide bonds. The van der Waals surface area contributed by atoms with Crippen molar-refractivity contribution >= 4 is 5.82 Å². The molecule has 140 valence electrons. The minimum Gasteiger partial charge on any atom is -0.370 e. The Morgan fingerprint density at radius 3 is 2.41 bits per heavy atom. The van der Waals surface area contributed by atoms with Gasteiger partial charge in [-0.2, -0.15) is 18.3 Å². The number of nitrogens with one attached hydrogen (secondary N) is 1. The van der Waals surface area contributed by atoms with Gasteiger partial charge in [0.25, 0.3) is 0 Å². The van der Waals surface area contributed by atoms with E-state index >= 15 is 0 Å². The molecule has 0 unspecified atom stereocenters. The van der Waals surface area contributed by atoms with Crippen molar-refractivity contribution in [2.24, 2.45) is 0 Å². The number of alkyl halides is 3. The highest BCUT2D eigenvalue weighted by atomic mass is 19.4. The van der Waals surface area contributed by atoms with Gasteiger partial charge in [0.15, 0.2) is 0 Å². The summed E-state index contributed by atoms with van der Waals surface area (Å²) >= 11 is 0. The summed E-state index contributed by atoms with van der Waals surface area (Å²) < 4.78 is 40.3. The molecule has 3 nitrogen and oxygen atoms in total. The standard InChI is InChI=1S/C21H20F3N3/c22-21(23,24)16-9-11-17(12-10-16)27-20-18(8-4-5-13-25-20)19(26-27)14-15-6-2-1-3-7-15/h1-3,6-7,9-12,25H,4-5,8,13-14H2. The molecular formula is C21H20F3N3. The lowest BCUT2D eigenvalue weighted by Crippen LogP contribution is -2.08. The van der Waals surface area contributed by atoms with Crippen LogP contribution in [0.4, 0.5) is 19.0 Å². The van der Waals surface area contributed by atoms with Crippen LogP contribution in [0.3, 0.4) is 0 Å². The van der Waals surface area contributed by atoms with Crippen LogP contribution in [-0.2, 0) is 19.0 Å².